The van der Waals surface area contributed by atoms with Gasteiger partial charge in [0.15, 0.2) is 5.96 Å². The van der Waals surface area contributed by atoms with Crippen molar-refractivity contribution in [3.8, 4) is 5.75 Å². The van der Waals surface area contributed by atoms with Crippen LogP contribution in [0.4, 0.5) is 0 Å². The Morgan fingerprint density at radius 3 is 2.78 bits per heavy atom. The molecule has 2 N–H and O–H groups in total. The SMILES string of the molecule is C=C(C)CN=C(NCCc1ccccc1OC)NCCn1cnnc1CC. The Balaban J connectivity index is 1.88. The van der Waals surface area contributed by atoms with Gasteiger partial charge in [-0.3, -0.25) is 0 Å². The quantitative estimate of drug-likeness (QED) is 0.381. The molecular weight excluding hydrogens is 340 g/mol. The van der Waals surface area contributed by atoms with Crippen LogP contribution in [0.15, 0.2) is 47.7 Å². The minimum Gasteiger partial charge on any atom is -0.496 e. The first-order valence-electron chi connectivity index (χ1n) is 9.29. The van der Waals surface area contributed by atoms with Gasteiger partial charge in [0, 0.05) is 26.1 Å². The van der Waals surface area contributed by atoms with Crippen molar-refractivity contribution in [2.45, 2.75) is 33.2 Å². The van der Waals surface area contributed by atoms with Crippen molar-refractivity contribution in [3.63, 3.8) is 0 Å². The molecule has 0 unspecified atom stereocenters. The van der Waals surface area contributed by atoms with E-state index in [2.05, 4.69) is 50.0 Å². The van der Waals surface area contributed by atoms with Crippen molar-refractivity contribution in [3.05, 3.63) is 54.1 Å². The summed E-state index contributed by atoms with van der Waals surface area (Å²) in [5.41, 5.74) is 2.19. The van der Waals surface area contributed by atoms with Crippen molar-refractivity contribution in [2.24, 2.45) is 4.99 Å². The largest absolute Gasteiger partial charge is 0.496 e. The average Bonchev–Trinajstić information content (AvgIpc) is 3.13. The molecule has 0 amide bonds. The molecule has 2 aromatic rings. The van der Waals surface area contributed by atoms with Crippen LogP contribution in [-0.2, 0) is 19.4 Å². The summed E-state index contributed by atoms with van der Waals surface area (Å²) >= 11 is 0. The smallest absolute Gasteiger partial charge is 0.191 e. The summed E-state index contributed by atoms with van der Waals surface area (Å²) in [7, 11) is 1.70. The average molecular weight is 371 g/mol. The normalized spacial score (nSPS) is 11.3. The van der Waals surface area contributed by atoms with Gasteiger partial charge in [-0.2, -0.15) is 0 Å². The number of benzene rings is 1. The van der Waals surface area contributed by atoms with E-state index in [1.165, 1.54) is 5.56 Å². The molecular formula is C20H30N6O. The number of aromatic nitrogens is 3. The van der Waals surface area contributed by atoms with Crippen molar-refractivity contribution >= 4 is 5.96 Å². The molecule has 27 heavy (non-hydrogen) atoms. The summed E-state index contributed by atoms with van der Waals surface area (Å²) in [6.45, 7) is 10.8. The topological polar surface area (TPSA) is 76.4 Å². The highest BCUT2D eigenvalue weighted by Crippen LogP contribution is 2.17. The monoisotopic (exact) mass is 370 g/mol. The predicted octanol–water partition coefficient (Wildman–Crippen LogP) is 2.20. The Morgan fingerprint density at radius 1 is 1.26 bits per heavy atom. The lowest BCUT2D eigenvalue weighted by Crippen LogP contribution is -2.40. The maximum absolute atomic E-state index is 5.41. The highest BCUT2D eigenvalue weighted by Gasteiger charge is 2.04. The number of ether oxygens (including phenoxy) is 1. The van der Waals surface area contributed by atoms with E-state index in [0.717, 1.165) is 55.6 Å². The number of para-hydroxylation sites is 1. The molecule has 0 aliphatic carbocycles. The highest BCUT2D eigenvalue weighted by atomic mass is 16.5. The number of aryl methyl sites for hydroxylation is 1. The number of methoxy groups -OCH3 is 1. The Kier molecular flexibility index (Phi) is 8.35. The summed E-state index contributed by atoms with van der Waals surface area (Å²) in [6, 6.07) is 8.06. The first-order chi connectivity index (χ1) is 13.1. The fraction of sp³-hybridized carbons (Fsp3) is 0.450. The second kappa shape index (κ2) is 11.0. The van der Waals surface area contributed by atoms with Gasteiger partial charge in [0.05, 0.1) is 13.7 Å². The zero-order chi connectivity index (χ0) is 19.5. The van der Waals surface area contributed by atoms with E-state index in [1.807, 2.05) is 25.1 Å². The van der Waals surface area contributed by atoms with Crippen LogP contribution in [0.2, 0.25) is 0 Å². The van der Waals surface area contributed by atoms with Gasteiger partial charge in [0.2, 0.25) is 0 Å². The molecule has 0 spiro atoms. The molecule has 0 saturated heterocycles. The van der Waals surface area contributed by atoms with Crippen LogP contribution < -0.4 is 15.4 Å². The van der Waals surface area contributed by atoms with Crippen molar-refractivity contribution in [1.29, 1.82) is 0 Å². The third-order valence-corrected chi connectivity index (χ3v) is 4.04. The molecule has 146 valence electrons. The molecule has 0 aliphatic rings. The first kappa shape index (κ1) is 20.5. The zero-order valence-corrected chi connectivity index (χ0v) is 16.5. The Hall–Kier alpha value is -2.83. The molecule has 0 aliphatic heterocycles. The number of aliphatic imine (C=N–C) groups is 1. The van der Waals surface area contributed by atoms with Crippen LogP contribution in [0.3, 0.4) is 0 Å². The Bertz CT molecular complexity index is 752. The summed E-state index contributed by atoms with van der Waals surface area (Å²) < 4.78 is 7.46. The maximum Gasteiger partial charge on any atom is 0.191 e. The van der Waals surface area contributed by atoms with Crippen LogP contribution in [0, 0.1) is 0 Å². The molecule has 0 fully saturated rings. The summed E-state index contributed by atoms with van der Waals surface area (Å²) in [4.78, 5) is 4.58. The van der Waals surface area contributed by atoms with Crippen LogP contribution in [0.1, 0.15) is 25.2 Å². The third kappa shape index (κ3) is 6.77. The molecule has 2 rings (SSSR count). The van der Waals surface area contributed by atoms with E-state index in [-0.39, 0.29) is 0 Å². The number of guanidine groups is 1. The fourth-order valence-electron chi connectivity index (χ4n) is 2.65. The molecule has 1 aromatic carbocycles. The van der Waals surface area contributed by atoms with Crippen molar-refractivity contribution in [1.82, 2.24) is 25.4 Å². The van der Waals surface area contributed by atoms with Gasteiger partial charge in [-0.1, -0.05) is 37.3 Å². The van der Waals surface area contributed by atoms with E-state index in [9.17, 15) is 0 Å². The predicted molar refractivity (Wildman–Crippen MR) is 109 cm³/mol. The minimum atomic E-state index is 0.594. The molecule has 1 aromatic heterocycles. The summed E-state index contributed by atoms with van der Waals surface area (Å²) in [6.07, 6.45) is 3.48. The standard InChI is InChI=1S/C20H30N6O/c1-5-19-25-24-15-26(19)13-12-22-20(23-14-16(2)3)21-11-10-17-8-6-7-9-18(17)27-4/h6-9,15H,2,5,10-14H2,1,3-4H3,(H2,21,22,23). The van der Waals surface area contributed by atoms with Gasteiger partial charge in [0.25, 0.3) is 0 Å². The van der Waals surface area contributed by atoms with Crippen LogP contribution in [0.5, 0.6) is 5.75 Å². The van der Waals surface area contributed by atoms with Crippen molar-refractivity contribution in [2.75, 3.05) is 26.7 Å². The third-order valence-electron chi connectivity index (χ3n) is 4.04. The number of rotatable bonds is 10. The molecule has 7 nitrogen and oxygen atoms in total. The van der Waals surface area contributed by atoms with Crippen molar-refractivity contribution < 1.29 is 4.74 Å². The number of nitrogens with zero attached hydrogens (tertiary/aromatic N) is 4. The van der Waals surface area contributed by atoms with Crippen LogP contribution in [-0.4, -0.2) is 47.5 Å². The van der Waals surface area contributed by atoms with Gasteiger partial charge < -0.3 is 19.9 Å². The lowest BCUT2D eigenvalue weighted by atomic mass is 10.1. The molecule has 0 bridgehead atoms. The number of nitrogens with one attached hydrogen (secondary N) is 2. The lowest BCUT2D eigenvalue weighted by molar-refractivity contribution is 0.409. The molecule has 0 saturated carbocycles. The fourth-order valence-corrected chi connectivity index (χ4v) is 2.65. The van der Waals surface area contributed by atoms with E-state index >= 15 is 0 Å². The van der Waals surface area contributed by atoms with Gasteiger partial charge in [-0.15, -0.1) is 10.2 Å². The Labute approximate surface area is 161 Å². The lowest BCUT2D eigenvalue weighted by Gasteiger charge is -2.14. The summed E-state index contributed by atoms with van der Waals surface area (Å²) in [5, 5.41) is 14.8. The maximum atomic E-state index is 5.41. The van der Waals surface area contributed by atoms with Crippen LogP contribution in [0.25, 0.3) is 0 Å². The summed E-state index contributed by atoms with van der Waals surface area (Å²) in [5.74, 6) is 2.67. The highest BCUT2D eigenvalue weighted by molar-refractivity contribution is 5.79. The van der Waals surface area contributed by atoms with Gasteiger partial charge in [-0.05, 0) is 25.0 Å². The van der Waals surface area contributed by atoms with E-state index in [4.69, 9.17) is 4.74 Å². The van der Waals surface area contributed by atoms with Crippen LogP contribution >= 0.6 is 0 Å². The van der Waals surface area contributed by atoms with E-state index in [1.54, 1.807) is 13.4 Å². The molecule has 1 heterocycles. The minimum absolute atomic E-state index is 0.594. The second-order valence-corrected chi connectivity index (χ2v) is 6.33. The number of hydrogen-bond donors (Lipinski definition) is 2. The molecule has 0 atom stereocenters. The second-order valence-electron chi connectivity index (χ2n) is 6.33. The first-order valence-corrected chi connectivity index (χ1v) is 9.29. The van der Waals surface area contributed by atoms with Gasteiger partial charge in [-0.25, -0.2) is 4.99 Å². The van der Waals surface area contributed by atoms with E-state index < -0.39 is 0 Å². The Morgan fingerprint density at radius 2 is 2.04 bits per heavy atom. The van der Waals surface area contributed by atoms with Gasteiger partial charge >= 0.3 is 0 Å². The number of hydrogen-bond acceptors (Lipinski definition) is 4. The van der Waals surface area contributed by atoms with E-state index in [0.29, 0.717) is 6.54 Å². The zero-order valence-electron chi connectivity index (χ0n) is 16.5. The van der Waals surface area contributed by atoms with Gasteiger partial charge in [0.1, 0.15) is 17.9 Å². The molecule has 7 heteroatoms. The molecule has 0 radical (unpaired) electrons.